The van der Waals surface area contributed by atoms with Crippen LogP contribution in [0.1, 0.15) is 39.5 Å². The Bertz CT molecular complexity index is 286. The zero-order valence-corrected chi connectivity index (χ0v) is 10.8. The fraction of sp³-hybridized carbons (Fsp3) is 0.923. The van der Waals surface area contributed by atoms with Crippen molar-refractivity contribution in [1.29, 1.82) is 0 Å². The molecule has 2 atom stereocenters. The summed E-state index contributed by atoms with van der Waals surface area (Å²) in [6.07, 6.45) is 4.11. The van der Waals surface area contributed by atoms with Crippen LogP contribution in [0.3, 0.4) is 0 Å². The minimum Gasteiger partial charge on any atom is -0.394 e. The molecule has 0 bridgehead atoms. The number of hydrogen-bond acceptors (Lipinski definition) is 3. The highest BCUT2D eigenvalue weighted by Crippen LogP contribution is 2.39. The highest BCUT2D eigenvalue weighted by molar-refractivity contribution is 5.83. The Balaban J connectivity index is 2.06. The van der Waals surface area contributed by atoms with E-state index in [2.05, 4.69) is 6.92 Å². The third kappa shape index (κ3) is 2.47. The first kappa shape index (κ1) is 12.8. The van der Waals surface area contributed by atoms with Crippen LogP contribution in [0.4, 0.5) is 0 Å². The molecule has 0 aromatic carbocycles. The molecule has 2 rings (SSSR count). The van der Waals surface area contributed by atoms with Crippen LogP contribution in [0.25, 0.3) is 0 Å². The molecular formula is C13H23NO3. The number of nitrogens with zero attached hydrogens (tertiary/aromatic N) is 1. The lowest BCUT2D eigenvalue weighted by molar-refractivity contribution is -0.155. The summed E-state index contributed by atoms with van der Waals surface area (Å²) in [5.74, 6) is 0.254. The van der Waals surface area contributed by atoms with Gasteiger partial charge in [-0.25, -0.2) is 0 Å². The molecule has 1 amide bonds. The van der Waals surface area contributed by atoms with Crippen molar-refractivity contribution >= 4 is 5.91 Å². The van der Waals surface area contributed by atoms with Gasteiger partial charge in [-0.1, -0.05) is 19.8 Å². The monoisotopic (exact) mass is 241 g/mol. The maximum absolute atomic E-state index is 12.6. The molecule has 0 aromatic heterocycles. The summed E-state index contributed by atoms with van der Waals surface area (Å²) in [5.41, 5.74) is -0.175. The second-order valence-electron chi connectivity index (χ2n) is 5.71. The van der Waals surface area contributed by atoms with E-state index in [0.717, 1.165) is 25.7 Å². The number of hydrogen-bond donors (Lipinski definition) is 1. The standard InChI is InChI=1S/C13H23NO3/c1-10-9-17-11(8-15)7-14(10)12(16)13(2)5-3-4-6-13/h10-11,15H,3-9H2,1-2H3. The summed E-state index contributed by atoms with van der Waals surface area (Å²) in [6, 6.07) is 0.128. The minimum absolute atomic E-state index is 0.00673. The number of carbonyl (C=O) groups excluding carboxylic acids is 1. The first-order valence-corrected chi connectivity index (χ1v) is 6.60. The van der Waals surface area contributed by atoms with Gasteiger partial charge in [0.05, 0.1) is 25.4 Å². The summed E-state index contributed by atoms with van der Waals surface area (Å²) < 4.78 is 5.47. The predicted octanol–water partition coefficient (Wildman–Crippen LogP) is 1.17. The molecule has 17 heavy (non-hydrogen) atoms. The Morgan fingerprint density at radius 2 is 2.12 bits per heavy atom. The van der Waals surface area contributed by atoms with Gasteiger partial charge in [-0.2, -0.15) is 0 Å². The lowest BCUT2D eigenvalue weighted by Crippen LogP contribution is -2.55. The van der Waals surface area contributed by atoms with Crippen molar-refractivity contribution in [2.75, 3.05) is 19.8 Å². The number of aliphatic hydroxyl groups is 1. The van der Waals surface area contributed by atoms with Crippen LogP contribution in [0.2, 0.25) is 0 Å². The van der Waals surface area contributed by atoms with Crippen LogP contribution in [-0.4, -0.2) is 47.8 Å². The van der Waals surface area contributed by atoms with E-state index >= 15 is 0 Å². The molecule has 2 aliphatic rings. The lowest BCUT2D eigenvalue weighted by atomic mass is 9.86. The molecule has 1 N–H and O–H groups in total. The number of amides is 1. The Morgan fingerprint density at radius 3 is 2.71 bits per heavy atom. The molecule has 4 nitrogen and oxygen atoms in total. The van der Waals surface area contributed by atoms with Crippen LogP contribution in [0.15, 0.2) is 0 Å². The zero-order chi connectivity index (χ0) is 12.5. The summed E-state index contributed by atoms with van der Waals surface area (Å²) in [4.78, 5) is 14.5. The van der Waals surface area contributed by atoms with Crippen molar-refractivity contribution in [3.63, 3.8) is 0 Å². The van der Waals surface area contributed by atoms with Gasteiger partial charge in [0, 0.05) is 12.0 Å². The molecule has 0 spiro atoms. The van der Waals surface area contributed by atoms with Crippen molar-refractivity contribution in [1.82, 2.24) is 4.90 Å². The number of carbonyl (C=O) groups is 1. The van der Waals surface area contributed by atoms with Gasteiger partial charge in [0.2, 0.25) is 5.91 Å². The van der Waals surface area contributed by atoms with Gasteiger partial charge in [0.1, 0.15) is 0 Å². The zero-order valence-electron chi connectivity index (χ0n) is 10.8. The molecular weight excluding hydrogens is 218 g/mol. The number of morpholine rings is 1. The van der Waals surface area contributed by atoms with Gasteiger partial charge in [0.25, 0.3) is 0 Å². The average Bonchev–Trinajstić information content (AvgIpc) is 2.77. The van der Waals surface area contributed by atoms with E-state index in [-0.39, 0.29) is 30.1 Å². The van der Waals surface area contributed by atoms with Crippen LogP contribution >= 0.6 is 0 Å². The molecule has 2 unspecified atom stereocenters. The molecule has 0 aromatic rings. The van der Waals surface area contributed by atoms with E-state index in [0.29, 0.717) is 13.2 Å². The molecule has 1 saturated carbocycles. The second-order valence-corrected chi connectivity index (χ2v) is 5.71. The Kier molecular flexibility index (Phi) is 3.73. The highest BCUT2D eigenvalue weighted by atomic mass is 16.5. The quantitative estimate of drug-likeness (QED) is 0.789. The Hall–Kier alpha value is -0.610. The summed E-state index contributed by atoms with van der Waals surface area (Å²) in [7, 11) is 0. The summed E-state index contributed by atoms with van der Waals surface area (Å²) >= 11 is 0. The van der Waals surface area contributed by atoms with Gasteiger partial charge in [-0.05, 0) is 19.8 Å². The van der Waals surface area contributed by atoms with E-state index in [4.69, 9.17) is 9.84 Å². The number of ether oxygens (including phenoxy) is 1. The van der Waals surface area contributed by atoms with Crippen molar-refractivity contribution in [3.05, 3.63) is 0 Å². The molecule has 1 aliphatic heterocycles. The number of rotatable bonds is 2. The number of aliphatic hydroxyl groups excluding tert-OH is 1. The minimum atomic E-state index is -0.208. The van der Waals surface area contributed by atoms with Gasteiger partial charge < -0.3 is 14.7 Å². The summed E-state index contributed by atoms with van der Waals surface area (Å²) in [6.45, 7) is 5.16. The van der Waals surface area contributed by atoms with E-state index in [1.54, 1.807) is 0 Å². The average molecular weight is 241 g/mol. The van der Waals surface area contributed by atoms with Crippen LogP contribution in [-0.2, 0) is 9.53 Å². The highest BCUT2D eigenvalue weighted by Gasteiger charge is 2.42. The van der Waals surface area contributed by atoms with Gasteiger partial charge in [0.15, 0.2) is 0 Å². The Labute approximate surface area is 103 Å². The second kappa shape index (κ2) is 4.94. The van der Waals surface area contributed by atoms with Crippen molar-refractivity contribution in [2.24, 2.45) is 5.41 Å². The fourth-order valence-electron chi connectivity index (χ4n) is 2.93. The van der Waals surface area contributed by atoms with Gasteiger partial charge >= 0.3 is 0 Å². The third-order valence-electron chi connectivity index (χ3n) is 4.19. The van der Waals surface area contributed by atoms with Crippen molar-refractivity contribution in [3.8, 4) is 0 Å². The van der Waals surface area contributed by atoms with Crippen LogP contribution in [0.5, 0.6) is 0 Å². The predicted molar refractivity (Wildman–Crippen MR) is 64.6 cm³/mol. The van der Waals surface area contributed by atoms with E-state index in [1.807, 2.05) is 11.8 Å². The van der Waals surface area contributed by atoms with Gasteiger partial charge in [-0.3, -0.25) is 4.79 Å². The summed E-state index contributed by atoms with van der Waals surface area (Å²) in [5, 5.41) is 9.14. The maximum atomic E-state index is 12.6. The maximum Gasteiger partial charge on any atom is 0.228 e. The molecule has 98 valence electrons. The third-order valence-corrected chi connectivity index (χ3v) is 4.19. The van der Waals surface area contributed by atoms with Gasteiger partial charge in [-0.15, -0.1) is 0 Å². The molecule has 1 heterocycles. The topological polar surface area (TPSA) is 49.8 Å². The van der Waals surface area contributed by atoms with Crippen LogP contribution in [0, 0.1) is 5.41 Å². The van der Waals surface area contributed by atoms with E-state index < -0.39 is 0 Å². The largest absolute Gasteiger partial charge is 0.394 e. The van der Waals surface area contributed by atoms with E-state index in [9.17, 15) is 4.79 Å². The fourth-order valence-corrected chi connectivity index (χ4v) is 2.93. The molecule has 1 saturated heterocycles. The SMILES string of the molecule is CC1COC(CO)CN1C(=O)C1(C)CCCC1. The molecule has 0 radical (unpaired) electrons. The first-order chi connectivity index (χ1) is 8.07. The smallest absolute Gasteiger partial charge is 0.228 e. The van der Waals surface area contributed by atoms with Crippen molar-refractivity contribution in [2.45, 2.75) is 51.7 Å². The molecule has 4 heteroatoms. The van der Waals surface area contributed by atoms with E-state index in [1.165, 1.54) is 0 Å². The molecule has 2 fully saturated rings. The van der Waals surface area contributed by atoms with Crippen molar-refractivity contribution < 1.29 is 14.6 Å². The first-order valence-electron chi connectivity index (χ1n) is 6.60. The molecule has 1 aliphatic carbocycles. The normalized spacial score (nSPS) is 32.8. The lowest BCUT2D eigenvalue weighted by Gasteiger charge is -2.41. The Morgan fingerprint density at radius 1 is 1.47 bits per heavy atom. The van der Waals surface area contributed by atoms with Crippen LogP contribution < -0.4 is 0 Å².